The summed E-state index contributed by atoms with van der Waals surface area (Å²) in [5, 5.41) is 2.75. The predicted molar refractivity (Wildman–Crippen MR) is 115 cm³/mol. The fraction of sp³-hybridized carbons (Fsp3) is 0.300. The molecule has 0 bridgehead atoms. The van der Waals surface area contributed by atoms with Crippen LogP contribution >= 0.6 is 11.8 Å². The van der Waals surface area contributed by atoms with E-state index in [-0.39, 0.29) is 29.0 Å². The number of hydrogen-bond acceptors (Lipinski definition) is 6. The van der Waals surface area contributed by atoms with E-state index in [2.05, 4.69) is 10.3 Å². The van der Waals surface area contributed by atoms with Crippen molar-refractivity contribution in [2.24, 2.45) is 4.99 Å². The van der Waals surface area contributed by atoms with Crippen molar-refractivity contribution in [1.82, 2.24) is 0 Å². The Morgan fingerprint density at radius 1 is 1.13 bits per heavy atom. The summed E-state index contributed by atoms with van der Waals surface area (Å²) in [4.78, 5) is 18.5. The molecule has 2 aromatic rings. The van der Waals surface area contributed by atoms with Gasteiger partial charge in [0, 0.05) is 16.6 Å². The smallest absolute Gasteiger partial charge is 0.325 e. The number of thioether (sulfide) groups is 1. The van der Waals surface area contributed by atoms with Crippen molar-refractivity contribution in [1.29, 1.82) is 0 Å². The van der Waals surface area contributed by atoms with E-state index in [1.54, 1.807) is 30.3 Å². The molecule has 11 heteroatoms. The molecule has 6 nitrogen and oxygen atoms in total. The second-order valence-corrected chi connectivity index (χ2v) is 10.6. The fourth-order valence-electron chi connectivity index (χ4n) is 3.46. The summed E-state index contributed by atoms with van der Waals surface area (Å²) in [6.45, 7) is -0.270. The van der Waals surface area contributed by atoms with Crippen LogP contribution < -0.4 is 10.2 Å². The van der Waals surface area contributed by atoms with Crippen LogP contribution in [0.5, 0.6) is 0 Å². The molecule has 1 N–H and O–H groups in total. The number of amides is 1. The van der Waals surface area contributed by atoms with Gasteiger partial charge in [-0.25, -0.2) is 8.42 Å². The number of sulfone groups is 1. The van der Waals surface area contributed by atoms with Gasteiger partial charge in [0.25, 0.3) is 0 Å². The lowest BCUT2D eigenvalue weighted by atomic mass is 10.2. The Kier molecular flexibility index (Phi) is 5.73. The van der Waals surface area contributed by atoms with E-state index in [1.165, 1.54) is 28.8 Å². The number of alkyl halides is 3. The Hall–Kier alpha value is -2.53. The van der Waals surface area contributed by atoms with E-state index < -0.39 is 33.5 Å². The molecular weight excluding hydrogens is 451 g/mol. The minimum absolute atomic E-state index is 0.0397. The zero-order valence-corrected chi connectivity index (χ0v) is 17.7. The summed E-state index contributed by atoms with van der Waals surface area (Å²) in [5.41, 5.74) is -0.127. The number of hydrogen-bond donors (Lipinski definition) is 1. The van der Waals surface area contributed by atoms with Crippen molar-refractivity contribution in [3.8, 4) is 0 Å². The number of nitrogens with zero attached hydrogens (tertiary/aromatic N) is 2. The Morgan fingerprint density at radius 2 is 1.87 bits per heavy atom. The minimum atomic E-state index is -4.54. The van der Waals surface area contributed by atoms with Gasteiger partial charge in [0.05, 0.1) is 23.1 Å². The zero-order chi connectivity index (χ0) is 22.2. The van der Waals surface area contributed by atoms with E-state index in [4.69, 9.17) is 0 Å². The van der Waals surface area contributed by atoms with Gasteiger partial charge in [0.1, 0.15) is 6.54 Å². The van der Waals surface area contributed by atoms with Gasteiger partial charge in [-0.2, -0.15) is 13.2 Å². The average Bonchev–Trinajstić information content (AvgIpc) is 3.19. The summed E-state index contributed by atoms with van der Waals surface area (Å²) in [6.07, 6.45) is -4.54. The maximum absolute atomic E-state index is 13.2. The van der Waals surface area contributed by atoms with E-state index in [0.29, 0.717) is 10.9 Å². The molecule has 2 aliphatic heterocycles. The second-order valence-electron chi connectivity index (χ2n) is 7.26. The van der Waals surface area contributed by atoms with Gasteiger partial charge in [0.2, 0.25) is 5.91 Å². The zero-order valence-electron chi connectivity index (χ0n) is 16.0. The summed E-state index contributed by atoms with van der Waals surface area (Å²) in [6, 6.07) is 12.9. The van der Waals surface area contributed by atoms with Crippen molar-refractivity contribution in [3.63, 3.8) is 0 Å². The van der Waals surface area contributed by atoms with Crippen LogP contribution in [-0.4, -0.2) is 48.8 Å². The van der Waals surface area contributed by atoms with Gasteiger partial charge in [-0.15, -0.1) is 0 Å². The lowest BCUT2D eigenvalue weighted by molar-refractivity contribution is -0.137. The summed E-state index contributed by atoms with van der Waals surface area (Å²) >= 11 is 1.18. The van der Waals surface area contributed by atoms with Crippen LogP contribution in [0, 0.1) is 0 Å². The SMILES string of the molecule is O=C(CN(C1=N[C@@H]2CS(=O)(=O)C[C@H]2S1)c1cccc(C(F)(F)F)c1)Nc1ccccc1. The lowest BCUT2D eigenvalue weighted by Gasteiger charge is -2.25. The molecule has 31 heavy (non-hydrogen) atoms. The molecule has 0 aliphatic carbocycles. The van der Waals surface area contributed by atoms with E-state index >= 15 is 0 Å². The molecule has 2 heterocycles. The standard InChI is InChI=1S/C20H18F3N3O3S2/c21-20(22,23)13-5-4-8-15(9-13)26(10-18(27)24-14-6-2-1-3-7-14)19-25-16-11-31(28,29)12-17(16)30-19/h1-9,16-17H,10-12H2,(H,24,27)/t16-,17-/m1/s1. The molecule has 1 amide bonds. The number of carbonyl (C=O) groups is 1. The molecule has 0 unspecified atom stereocenters. The average molecular weight is 470 g/mol. The van der Waals surface area contributed by atoms with Crippen LogP contribution in [0.1, 0.15) is 5.56 Å². The molecule has 1 fully saturated rings. The monoisotopic (exact) mass is 469 g/mol. The number of benzene rings is 2. The van der Waals surface area contributed by atoms with Gasteiger partial charge >= 0.3 is 6.18 Å². The fourth-order valence-corrected chi connectivity index (χ4v) is 7.24. The highest BCUT2D eigenvalue weighted by Gasteiger charge is 2.44. The van der Waals surface area contributed by atoms with Gasteiger partial charge in [-0.05, 0) is 30.3 Å². The first kappa shape index (κ1) is 21.7. The normalized spacial score (nSPS) is 22.0. The molecule has 1 saturated heterocycles. The van der Waals surface area contributed by atoms with Crippen LogP contribution in [0.4, 0.5) is 24.5 Å². The van der Waals surface area contributed by atoms with Crippen molar-refractivity contribution in [3.05, 3.63) is 60.2 Å². The molecule has 0 radical (unpaired) electrons. The molecule has 0 saturated carbocycles. The van der Waals surface area contributed by atoms with Crippen LogP contribution in [0.2, 0.25) is 0 Å². The number of amidine groups is 1. The third-order valence-electron chi connectivity index (χ3n) is 4.88. The number of para-hydroxylation sites is 1. The number of aliphatic imine (C=N–C) groups is 1. The van der Waals surface area contributed by atoms with E-state index in [0.717, 1.165) is 12.1 Å². The van der Waals surface area contributed by atoms with Gasteiger partial charge < -0.3 is 10.2 Å². The summed E-state index contributed by atoms with van der Waals surface area (Å²) in [7, 11) is -3.18. The molecule has 2 aliphatic rings. The van der Waals surface area contributed by atoms with Gasteiger partial charge in [0.15, 0.2) is 15.0 Å². The summed E-state index contributed by atoms with van der Waals surface area (Å²) in [5.74, 6) is -0.570. The molecule has 0 aromatic heterocycles. The highest BCUT2D eigenvalue weighted by atomic mass is 32.2. The highest BCUT2D eigenvalue weighted by molar-refractivity contribution is 8.15. The van der Waals surface area contributed by atoms with Crippen LogP contribution in [0.25, 0.3) is 0 Å². The van der Waals surface area contributed by atoms with Crippen molar-refractivity contribution in [2.45, 2.75) is 17.5 Å². The molecule has 4 rings (SSSR count). The Bertz CT molecular complexity index is 1120. The Morgan fingerprint density at radius 3 is 2.55 bits per heavy atom. The van der Waals surface area contributed by atoms with E-state index in [9.17, 15) is 26.4 Å². The molecule has 0 spiro atoms. The van der Waals surface area contributed by atoms with Crippen molar-refractivity contribution < 1.29 is 26.4 Å². The summed E-state index contributed by atoms with van der Waals surface area (Å²) < 4.78 is 63.4. The maximum atomic E-state index is 13.2. The number of rotatable bonds is 4. The maximum Gasteiger partial charge on any atom is 0.416 e. The van der Waals surface area contributed by atoms with Crippen molar-refractivity contribution >= 4 is 44.0 Å². The molecule has 164 valence electrons. The first-order chi connectivity index (χ1) is 14.6. The number of fused-ring (bicyclic) bond motifs is 1. The first-order valence-electron chi connectivity index (χ1n) is 9.35. The predicted octanol–water partition coefficient (Wildman–Crippen LogP) is 3.42. The molecule has 2 atom stereocenters. The number of carbonyl (C=O) groups excluding carboxylic acids is 1. The number of halogens is 3. The minimum Gasteiger partial charge on any atom is -0.325 e. The topological polar surface area (TPSA) is 78.8 Å². The Balaban J connectivity index is 1.63. The Labute approximate surface area is 181 Å². The first-order valence-corrected chi connectivity index (χ1v) is 12.1. The van der Waals surface area contributed by atoms with Gasteiger partial charge in [-0.1, -0.05) is 36.0 Å². The van der Waals surface area contributed by atoms with Crippen molar-refractivity contribution in [2.75, 3.05) is 28.3 Å². The second kappa shape index (κ2) is 8.19. The van der Waals surface area contributed by atoms with Crippen LogP contribution in [0.15, 0.2) is 59.6 Å². The van der Waals surface area contributed by atoms with Gasteiger partial charge in [-0.3, -0.25) is 9.79 Å². The number of nitrogens with one attached hydrogen (secondary N) is 1. The quantitative estimate of drug-likeness (QED) is 0.743. The van der Waals surface area contributed by atoms with Crippen LogP contribution in [0.3, 0.4) is 0 Å². The van der Waals surface area contributed by atoms with Crippen LogP contribution in [-0.2, 0) is 20.8 Å². The molecule has 2 aromatic carbocycles. The third kappa shape index (κ3) is 5.04. The lowest BCUT2D eigenvalue weighted by Crippen LogP contribution is -2.36. The third-order valence-corrected chi connectivity index (χ3v) is 8.13. The van der Waals surface area contributed by atoms with E-state index in [1.807, 2.05) is 0 Å². The largest absolute Gasteiger partial charge is 0.416 e. The highest BCUT2D eigenvalue weighted by Crippen LogP contribution is 2.38. The molecular formula is C20H18F3N3O3S2. The number of anilines is 2.